The van der Waals surface area contributed by atoms with Crippen LogP contribution in [-0.2, 0) is 0 Å². The van der Waals surface area contributed by atoms with E-state index in [1.54, 1.807) is 6.20 Å². The van der Waals surface area contributed by atoms with E-state index in [9.17, 15) is 0 Å². The molecule has 2 atom stereocenters. The fourth-order valence-corrected chi connectivity index (χ4v) is 2.49. The summed E-state index contributed by atoms with van der Waals surface area (Å²) in [7, 11) is 0. The van der Waals surface area contributed by atoms with Crippen LogP contribution in [0.2, 0.25) is 0 Å². The average molecular weight is 231 g/mol. The zero-order chi connectivity index (χ0) is 11.7. The van der Waals surface area contributed by atoms with E-state index >= 15 is 0 Å². The molecular weight excluding hydrogens is 214 g/mol. The third-order valence-corrected chi connectivity index (χ3v) is 3.57. The predicted octanol–water partition coefficient (Wildman–Crippen LogP) is 2.67. The lowest BCUT2D eigenvalue weighted by atomic mass is 9.90. The number of rotatable bonds is 2. The van der Waals surface area contributed by atoms with E-state index in [1.807, 2.05) is 12.1 Å². The molecule has 17 heavy (non-hydrogen) atoms. The molecular formula is C13H17N3O. The highest BCUT2D eigenvalue weighted by atomic mass is 16.3. The average Bonchev–Trinajstić information content (AvgIpc) is 2.82. The summed E-state index contributed by atoms with van der Waals surface area (Å²) in [6, 6.07) is 4.04. The Balaban J connectivity index is 1.87. The van der Waals surface area contributed by atoms with E-state index in [1.165, 1.54) is 12.8 Å². The molecule has 0 aliphatic carbocycles. The fraction of sp³-hybridized carbons (Fsp3) is 0.538. The molecule has 3 heterocycles. The maximum Gasteiger partial charge on any atom is 0.214 e. The van der Waals surface area contributed by atoms with Gasteiger partial charge in [-0.05, 0) is 37.4 Å². The van der Waals surface area contributed by atoms with Crippen LogP contribution in [0.1, 0.15) is 38.1 Å². The van der Waals surface area contributed by atoms with Gasteiger partial charge in [0.15, 0.2) is 11.2 Å². The van der Waals surface area contributed by atoms with Gasteiger partial charge in [-0.25, -0.2) is 4.98 Å². The van der Waals surface area contributed by atoms with Crippen LogP contribution in [0.4, 0.5) is 0 Å². The summed E-state index contributed by atoms with van der Waals surface area (Å²) in [4.78, 5) is 8.67. The molecule has 0 amide bonds. The minimum atomic E-state index is 0.253. The molecule has 1 N–H and O–H groups in total. The first-order chi connectivity index (χ1) is 8.36. The monoisotopic (exact) mass is 231 g/mol. The van der Waals surface area contributed by atoms with Crippen molar-refractivity contribution < 1.29 is 4.42 Å². The lowest BCUT2D eigenvalue weighted by Gasteiger charge is -2.27. The molecule has 0 bridgehead atoms. The molecule has 4 heteroatoms. The molecule has 3 rings (SSSR count). The number of hydrogen-bond donors (Lipinski definition) is 1. The van der Waals surface area contributed by atoms with Crippen molar-refractivity contribution in [2.24, 2.45) is 5.92 Å². The predicted molar refractivity (Wildman–Crippen MR) is 65.6 cm³/mol. The Morgan fingerprint density at radius 3 is 3.29 bits per heavy atom. The molecule has 1 saturated heterocycles. The van der Waals surface area contributed by atoms with Crippen molar-refractivity contribution in [3.63, 3.8) is 0 Å². The molecule has 2 aromatic heterocycles. The second kappa shape index (κ2) is 4.45. The lowest BCUT2D eigenvalue weighted by Crippen LogP contribution is -2.31. The van der Waals surface area contributed by atoms with Gasteiger partial charge >= 0.3 is 0 Å². The lowest BCUT2D eigenvalue weighted by molar-refractivity contribution is 0.268. The molecule has 0 saturated carbocycles. The van der Waals surface area contributed by atoms with Gasteiger partial charge in [0.2, 0.25) is 5.89 Å². The van der Waals surface area contributed by atoms with Gasteiger partial charge in [0.05, 0.1) is 6.04 Å². The maximum absolute atomic E-state index is 5.76. The van der Waals surface area contributed by atoms with Gasteiger partial charge in [-0.3, -0.25) is 0 Å². The second-order valence-electron chi connectivity index (χ2n) is 4.68. The number of oxazole rings is 1. The van der Waals surface area contributed by atoms with Gasteiger partial charge in [0.1, 0.15) is 0 Å². The number of pyridine rings is 1. The minimum absolute atomic E-state index is 0.253. The Bertz CT molecular complexity index is 475. The van der Waals surface area contributed by atoms with Crippen LogP contribution >= 0.6 is 0 Å². The summed E-state index contributed by atoms with van der Waals surface area (Å²) in [5.41, 5.74) is 1.49. The highest BCUT2D eigenvalue weighted by Crippen LogP contribution is 2.29. The second-order valence-corrected chi connectivity index (χ2v) is 4.68. The number of nitrogens with zero attached hydrogens (tertiary/aromatic N) is 2. The van der Waals surface area contributed by atoms with Crippen LogP contribution in [0.3, 0.4) is 0 Å². The zero-order valence-corrected chi connectivity index (χ0v) is 10.0. The van der Waals surface area contributed by atoms with E-state index < -0.39 is 0 Å². The number of aromatic nitrogens is 2. The van der Waals surface area contributed by atoms with Crippen molar-refractivity contribution in [2.75, 3.05) is 6.54 Å². The van der Waals surface area contributed by atoms with Crippen molar-refractivity contribution in [2.45, 2.75) is 32.2 Å². The van der Waals surface area contributed by atoms with Crippen molar-refractivity contribution in [1.29, 1.82) is 0 Å². The minimum Gasteiger partial charge on any atom is -0.437 e. The van der Waals surface area contributed by atoms with Gasteiger partial charge in [-0.15, -0.1) is 0 Å². The van der Waals surface area contributed by atoms with Crippen LogP contribution in [0.5, 0.6) is 0 Å². The first-order valence-electron chi connectivity index (χ1n) is 6.31. The quantitative estimate of drug-likeness (QED) is 0.863. The van der Waals surface area contributed by atoms with Gasteiger partial charge in [-0.1, -0.05) is 13.3 Å². The zero-order valence-electron chi connectivity index (χ0n) is 10.0. The number of nitrogens with one attached hydrogen (secondary N) is 1. The van der Waals surface area contributed by atoms with Gasteiger partial charge in [0, 0.05) is 6.20 Å². The van der Waals surface area contributed by atoms with Crippen LogP contribution in [0.25, 0.3) is 11.2 Å². The molecule has 1 aliphatic rings. The summed E-state index contributed by atoms with van der Waals surface area (Å²) in [6.07, 6.45) is 5.35. The summed E-state index contributed by atoms with van der Waals surface area (Å²) < 4.78 is 5.76. The molecule has 0 aromatic carbocycles. The molecule has 0 radical (unpaired) electrons. The van der Waals surface area contributed by atoms with Gasteiger partial charge in [0.25, 0.3) is 0 Å². The molecule has 90 valence electrons. The topological polar surface area (TPSA) is 51.0 Å². The molecule has 1 fully saturated rings. The third-order valence-electron chi connectivity index (χ3n) is 3.57. The van der Waals surface area contributed by atoms with Crippen LogP contribution in [0, 0.1) is 5.92 Å². The molecule has 2 aromatic rings. The number of hydrogen-bond acceptors (Lipinski definition) is 4. The third kappa shape index (κ3) is 2.05. The highest BCUT2D eigenvalue weighted by molar-refractivity contribution is 5.66. The van der Waals surface area contributed by atoms with E-state index in [-0.39, 0.29) is 6.04 Å². The van der Waals surface area contributed by atoms with Crippen LogP contribution < -0.4 is 5.32 Å². The fourth-order valence-electron chi connectivity index (χ4n) is 2.49. The van der Waals surface area contributed by atoms with Crippen LogP contribution in [0.15, 0.2) is 22.7 Å². The van der Waals surface area contributed by atoms with E-state index in [4.69, 9.17) is 4.42 Å². The molecule has 0 spiro atoms. The van der Waals surface area contributed by atoms with Gasteiger partial charge < -0.3 is 9.73 Å². The molecule has 2 unspecified atom stereocenters. The molecule has 4 nitrogen and oxygen atoms in total. The Labute approximate surface area is 100 Å². The van der Waals surface area contributed by atoms with Crippen molar-refractivity contribution in [3.05, 3.63) is 24.2 Å². The van der Waals surface area contributed by atoms with E-state index in [0.717, 1.165) is 30.4 Å². The van der Waals surface area contributed by atoms with Gasteiger partial charge in [-0.2, -0.15) is 4.98 Å². The SMILES string of the molecule is CCC1CCNC(c2nc3ncccc3o2)C1. The van der Waals surface area contributed by atoms with E-state index in [2.05, 4.69) is 22.2 Å². The maximum atomic E-state index is 5.76. The highest BCUT2D eigenvalue weighted by Gasteiger charge is 2.25. The Morgan fingerprint density at radius 1 is 1.53 bits per heavy atom. The first kappa shape index (κ1) is 10.7. The Morgan fingerprint density at radius 2 is 2.47 bits per heavy atom. The number of piperidine rings is 1. The standard InChI is InChI=1S/C13H17N3O/c1-2-9-5-7-14-10(8-9)13-16-12-11(17-13)4-3-6-15-12/h3-4,6,9-10,14H,2,5,7-8H2,1H3. The number of fused-ring (bicyclic) bond motifs is 1. The summed E-state index contributed by atoms with van der Waals surface area (Å²) in [6.45, 7) is 3.30. The van der Waals surface area contributed by atoms with E-state index in [0.29, 0.717) is 5.65 Å². The summed E-state index contributed by atoms with van der Waals surface area (Å²) in [5, 5.41) is 3.48. The van der Waals surface area contributed by atoms with Crippen LogP contribution in [-0.4, -0.2) is 16.5 Å². The smallest absolute Gasteiger partial charge is 0.214 e. The first-order valence-corrected chi connectivity index (χ1v) is 6.31. The molecule has 1 aliphatic heterocycles. The Hall–Kier alpha value is -1.42. The Kier molecular flexibility index (Phi) is 2.81. The van der Waals surface area contributed by atoms with Crippen molar-refractivity contribution >= 4 is 11.2 Å². The largest absolute Gasteiger partial charge is 0.437 e. The summed E-state index contributed by atoms with van der Waals surface area (Å²) >= 11 is 0. The van der Waals surface area contributed by atoms with Crippen molar-refractivity contribution in [3.8, 4) is 0 Å². The summed E-state index contributed by atoms with van der Waals surface area (Å²) in [5.74, 6) is 1.57. The normalized spacial score (nSPS) is 25.2. The van der Waals surface area contributed by atoms with Crippen molar-refractivity contribution in [1.82, 2.24) is 15.3 Å².